The van der Waals surface area contributed by atoms with E-state index in [0.717, 1.165) is 11.1 Å². The summed E-state index contributed by atoms with van der Waals surface area (Å²) in [6, 6.07) is 10.6. The van der Waals surface area contributed by atoms with Crippen LogP contribution in [0.5, 0.6) is 11.5 Å². The van der Waals surface area contributed by atoms with Crippen molar-refractivity contribution in [3.63, 3.8) is 0 Å². The van der Waals surface area contributed by atoms with Crippen molar-refractivity contribution in [2.45, 2.75) is 19.6 Å². The Balaban J connectivity index is 2.06. The van der Waals surface area contributed by atoms with Crippen LogP contribution in [0, 0.1) is 0 Å². The molecule has 1 N–H and O–H groups in total. The number of halogens is 2. The van der Waals surface area contributed by atoms with Crippen LogP contribution in [0.3, 0.4) is 0 Å². The molecule has 23 heavy (non-hydrogen) atoms. The summed E-state index contributed by atoms with van der Waals surface area (Å²) in [5.74, 6) is 0.795. The third-order valence-corrected chi connectivity index (χ3v) is 3.93. The predicted octanol–water partition coefficient (Wildman–Crippen LogP) is 3.82. The van der Waals surface area contributed by atoms with Crippen LogP contribution in [-0.2, 0) is 11.2 Å². The molecule has 2 aromatic carbocycles. The quantitative estimate of drug-likeness (QED) is 0.894. The topological polar surface area (TPSA) is 47.6 Å². The molecule has 4 nitrogen and oxygen atoms in total. The average Bonchev–Trinajstić information content (AvgIpc) is 2.49. The first-order chi connectivity index (χ1) is 11.1. The molecule has 0 bridgehead atoms. The number of benzene rings is 2. The minimum absolute atomic E-state index is 0.337. The van der Waals surface area contributed by atoms with Gasteiger partial charge in [-0.15, -0.1) is 0 Å². The second kappa shape index (κ2) is 6.69. The molecule has 0 saturated carbocycles. The zero-order valence-electron chi connectivity index (χ0n) is 12.4. The summed E-state index contributed by atoms with van der Waals surface area (Å²) in [6.45, 7) is 2.32. The van der Waals surface area contributed by atoms with Crippen molar-refractivity contribution in [2.24, 2.45) is 0 Å². The van der Waals surface area contributed by atoms with Crippen molar-refractivity contribution in [1.29, 1.82) is 0 Å². The van der Waals surface area contributed by atoms with Gasteiger partial charge >= 0.3 is 12.2 Å². The molecule has 6 heteroatoms. The van der Waals surface area contributed by atoms with Gasteiger partial charge < -0.3 is 14.8 Å². The normalized spacial score (nSPS) is 13.7. The molecular formula is C17H15Cl2NO3. The minimum Gasteiger partial charge on any atom is -0.446 e. The fraction of sp³-hybridized carbons (Fsp3) is 0.235. The van der Waals surface area contributed by atoms with E-state index in [9.17, 15) is 4.79 Å². The van der Waals surface area contributed by atoms with Crippen molar-refractivity contribution in [2.75, 3.05) is 6.54 Å². The van der Waals surface area contributed by atoms with Gasteiger partial charge in [-0.05, 0) is 43.3 Å². The van der Waals surface area contributed by atoms with Gasteiger partial charge in [0.05, 0.1) is 0 Å². The Labute approximate surface area is 144 Å². The van der Waals surface area contributed by atoms with E-state index in [0.29, 0.717) is 34.5 Å². The molecule has 1 heterocycles. The minimum atomic E-state index is -1.07. The van der Waals surface area contributed by atoms with Gasteiger partial charge in [0.25, 0.3) is 0 Å². The number of hydrogen-bond donors (Lipinski definition) is 1. The highest BCUT2D eigenvalue weighted by Crippen LogP contribution is 2.34. The highest BCUT2D eigenvalue weighted by molar-refractivity contribution is 6.31. The van der Waals surface area contributed by atoms with Crippen LogP contribution in [0.2, 0.25) is 10.0 Å². The molecule has 0 spiro atoms. The Hall–Kier alpha value is -1.91. The van der Waals surface area contributed by atoms with E-state index in [1.807, 2.05) is 19.1 Å². The van der Waals surface area contributed by atoms with Gasteiger partial charge in [-0.25, -0.2) is 0 Å². The number of fused-ring (bicyclic) bond motifs is 2. The number of ether oxygens (including phenoxy) is 2. The Morgan fingerprint density at radius 3 is 2.09 bits per heavy atom. The first-order valence-corrected chi connectivity index (χ1v) is 8.00. The van der Waals surface area contributed by atoms with E-state index in [1.165, 1.54) is 0 Å². The first kappa shape index (κ1) is 16.0. The van der Waals surface area contributed by atoms with Crippen molar-refractivity contribution >= 4 is 29.1 Å². The molecular weight excluding hydrogens is 337 g/mol. The van der Waals surface area contributed by atoms with Crippen LogP contribution < -0.4 is 14.8 Å². The number of carbonyl (C=O) groups is 1. The van der Waals surface area contributed by atoms with E-state index in [1.54, 1.807) is 24.3 Å². The monoisotopic (exact) mass is 351 g/mol. The molecule has 0 radical (unpaired) electrons. The van der Waals surface area contributed by atoms with E-state index in [4.69, 9.17) is 32.7 Å². The highest BCUT2D eigenvalue weighted by atomic mass is 35.5. The maximum atomic E-state index is 12.2. The van der Waals surface area contributed by atoms with E-state index < -0.39 is 6.29 Å². The maximum absolute atomic E-state index is 12.2. The Kier molecular flexibility index (Phi) is 4.64. The van der Waals surface area contributed by atoms with Gasteiger partial charge in [-0.1, -0.05) is 23.2 Å². The van der Waals surface area contributed by atoms with Gasteiger partial charge in [0, 0.05) is 34.1 Å². The summed E-state index contributed by atoms with van der Waals surface area (Å²) in [4.78, 5) is 12.2. The zero-order chi connectivity index (χ0) is 16.4. The predicted molar refractivity (Wildman–Crippen MR) is 89.4 cm³/mol. The van der Waals surface area contributed by atoms with Gasteiger partial charge in [0.2, 0.25) is 0 Å². The summed E-state index contributed by atoms with van der Waals surface area (Å²) in [5, 5.41) is 3.91. The molecule has 0 unspecified atom stereocenters. The molecule has 1 aliphatic rings. The molecule has 0 saturated heterocycles. The largest absolute Gasteiger partial charge is 0.446 e. The number of hydrogen-bond acceptors (Lipinski definition) is 3. The van der Waals surface area contributed by atoms with Gasteiger partial charge in [0.1, 0.15) is 11.5 Å². The Bertz CT molecular complexity index is 695. The van der Waals surface area contributed by atoms with E-state index in [-0.39, 0.29) is 5.91 Å². The lowest BCUT2D eigenvalue weighted by Gasteiger charge is -2.25. The summed E-state index contributed by atoms with van der Waals surface area (Å²) in [5.41, 5.74) is 1.75. The SMILES string of the molecule is CCNC(=O)C1Oc2ccc(Cl)cc2Cc2cc(Cl)ccc2O1. The lowest BCUT2D eigenvalue weighted by atomic mass is 10.0. The van der Waals surface area contributed by atoms with Crippen molar-refractivity contribution in [3.8, 4) is 11.5 Å². The second-order valence-electron chi connectivity index (χ2n) is 5.14. The van der Waals surface area contributed by atoms with Gasteiger partial charge in [-0.2, -0.15) is 0 Å². The molecule has 0 aromatic heterocycles. The second-order valence-corrected chi connectivity index (χ2v) is 6.02. The molecule has 0 fully saturated rings. The summed E-state index contributed by atoms with van der Waals surface area (Å²) >= 11 is 12.2. The third kappa shape index (κ3) is 3.54. The molecule has 1 aliphatic heterocycles. The first-order valence-electron chi connectivity index (χ1n) is 7.24. The van der Waals surface area contributed by atoms with Crippen LogP contribution in [0.25, 0.3) is 0 Å². The lowest BCUT2D eigenvalue weighted by molar-refractivity contribution is -0.140. The molecule has 120 valence electrons. The molecule has 0 aliphatic carbocycles. The van der Waals surface area contributed by atoms with Crippen molar-refractivity contribution < 1.29 is 14.3 Å². The molecule has 1 amide bonds. The Morgan fingerprint density at radius 2 is 1.61 bits per heavy atom. The molecule has 2 aromatic rings. The van der Waals surface area contributed by atoms with Crippen molar-refractivity contribution in [1.82, 2.24) is 5.32 Å². The van der Waals surface area contributed by atoms with E-state index in [2.05, 4.69) is 5.32 Å². The van der Waals surface area contributed by atoms with Gasteiger partial charge in [-0.3, -0.25) is 4.79 Å². The third-order valence-electron chi connectivity index (χ3n) is 3.46. The number of amides is 1. The maximum Gasteiger partial charge on any atom is 0.321 e. The number of rotatable bonds is 2. The van der Waals surface area contributed by atoms with E-state index >= 15 is 0 Å². The highest BCUT2D eigenvalue weighted by Gasteiger charge is 2.27. The summed E-state index contributed by atoms with van der Waals surface area (Å²) < 4.78 is 11.5. The standard InChI is InChI=1S/C17H15Cl2NO3/c1-2-20-16(21)17-22-14-5-3-12(18)8-10(14)7-11-9-13(19)4-6-15(11)23-17/h3-6,8-9,17H,2,7H2,1H3,(H,20,21). The number of likely N-dealkylation sites (N-methyl/N-ethyl adjacent to an activating group) is 1. The Morgan fingerprint density at radius 1 is 1.09 bits per heavy atom. The summed E-state index contributed by atoms with van der Waals surface area (Å²) in [6.07, 6.45) is -0.524. The zero-order valence-corrected chi connectivity index (χ0v) is 13.9. The smallest absolute Gasteiger partial charge is 0.321 e. The molecule has 0 atom stereocenters. The number of carbonyl (C=O) groups excluding carboxylic acids is 1. The van der Waals surface area contributed by atoms with Crippen LogP contribution in [0.1, 0.15) is 18.1 Å². The van der Waals surface area contributed by atoms with Crippen LogP contribution >= 0.6 is 23.2 Å². The fourth-order valence-corrected chi connectivity index (χ4v) is 2.82. The number of nitrogens with one attached hydrogen (secondary N) is 1. The summed E-state index contributed by atoms with van der Waals surface area (Å²) in [7, 11) is 0. The van der Waals surface area contributed by atoms with Crippen molar-refractivity contribution in [3.05, 3.63) is 57.6 Å². The van der Waals surface area contributed by atoms with Crippen LogP contribution in [0.15, 0.2) is 36.4 Å². The van der Waals surface area contributed by atoms with Gasteiger partial charge in [0.15, 0.2) is 0 Å². The molecule has 3 rings (SSSR count). The lowest BCUT2D eigenvalue weighted by Crippen LogP contribution is -2.42. The average molecular weight is 352 g/mol. The fourth-order valence-electron chi connectivity index (χ4n) is 2.43. The van der Waals surface area contributed by atoms with Crippen LogP contribution in [-0.4, -0.2) is 18.7 Å². The van der Waals surface area contributed by atoms with Crippen LogP contribution in [0.4, 0.5) is 0 Å².